The summed E-state index contributed by atoms with van der Waals surface area (Å²) in [6, 6.07) is 17.5. The second-order valence-electron chi connectivity index (χ2n) is 25.3. The van der Waals surface area contributed by atoms with Crippen LogP contribution in [0.25, 0.3) is 0 Å². The number of rotatable bonds is 24. The molecule has 0 bridgehead atoms. The first-order chi connectivity index (χ1) is 34.9. The van der Waals surface area contributed by atoms with E-state index in [0.29, 0.717) is 45.2 Å². The number of amides is 3. The molecule has 2 aromatic carbocycles. The predicted molar refractivity (Wildman–Crippen MR) is 308 cm³/mol. The van der Waals surface area contributed by atoms with Crippen LogP contribution in [0.2, 0.25) is 0 Å². The molecule has 2 aliphatic rings. The number of carbonyl (C=O) groups is 9. The first kappa shape index (κ1) is 70.2. The molecule has 2 fully saturated rings. The number of carbonyl (C=O) groups excluding carboxylic acids is 9. The summed E-state index contributed by atoms with van der Waals surface area (Å²) >= 11 is 0. The zero-order chi connectivity index (χ0) is 56.3. The predicted octanol–water partition coefficient (Wildman–Crippen LogP) is 10.3. The van der Waals surface area contributed by atoms with Crippen LogP contribution in [0.3, 0.4) is 0 Å². The van der Waals surface area contributed by atoms with Gasteiger partial charge < -0.3 is 25.6 Å². The number of likely N-dealkylation sites (tertiary alicyclic amines) is 1. The van der Waals surface area contributed by atoms with Crippen LogP contribution in [0.4, 0.5) is 4.79 Å². The van der Waals surface area contributed by atoms with E-state index < -0.39 is 52.7 Å². The molecule has 2 unspecified atom stereocenters. The van der Waals surface area contributed by atoms with Crippen molar-refractivity contribution in [1.82, 2.24) is 20.9 Å². The molecular formula is C61H94Cl2N4O10. The van der Waals surface area contributed by atoms with Gasteiger partial charge >= 0.3 is 6.09 Å². The maximum absolute atomic E-state index is 13.6. The average Bonchev–Trinajstić information content (AvgIpc) is 3.31. The van der Waals surface area contributed by atoms with Gasteiger partial charge in [0.25, 0.3) is 0 Å². The fourth-order valence-electron chi connectivity index (χ4n) is 9.47. The molecule has 2 aromatic rings. The summed E-state index contributed by atoms with van der Waals surface area (Å²) < 4.78 is 5.45. The zero-order valence-corrected chi connectivity index (χ0v) is 50.2. The SMILES string of the molecule is CC(C)C[C@H](NC(=O)C1CCN(C(=O)OC(C)(C)C)CC1)C(=O)CC(Cc1ccccc1)C(=O)C(=O)CC(C)(C)C.CC(C)C[C@H](NC(=O)C1CCNCC1)C(=O)CC(Cc1ccccc1)C(=O)C(=O)CC(C)(C)C.Cl.Cl. The third kappa shape index (κ3) is 27.1. The van der Waals surface area contributed by atoms with Gasteiger partial charge in [0.1, 0.15) is 5.60 Å². The van der Waals surface area contributed by atoms with Crippen LogP contribution in [0.1, 0.15) is 165 Å². The fourth-order valence-corrected chi connectivity index (χ4v) is 9.47. The largest absolute Gasteiger partial charge is 0.444 e. The highest BCUT2D eigenvalue weighted by molar-refractivity contribution is 6.39. The topological polar surface area (TPSA) is 202 Å². The normalized spacial score (nSPS) is 16.0. The third-order valence-electron chi connectivity index (χ3n) is 13.3. The Morgan fingerprint density at radius 3 is 1.23 bits per heavy atom. The van der Waals surface area contributed by atoms with Crippen LogP contribution < -0.4 is 16.0 Å². The molecule has 2 heterocycles. The summed E-state index contributed by atoms with van der Waals surface area (Å²) in [6.07, 6.45) is 3.73. The summed E-state index contributed by atoms with van der Waals surface area (Å²) in [7, 11) is 0. The second kappa shape index (κ2) is 33.0. The van der Waals surface area contributed by atoms with Crippen molar-refractivity contribution in [3.8, 4) is 0 Å². The van der Waals surface area contributed by atoms with Gasteiger partial charge in [-0.25, -0.2) is 4.79 Å². The highest BCUT2D eigenvalue weighted by Crippen LogP contribution is 2.27. The lowest BCUT2D eigenvalue weighted by atomic mass is 9.82. The Morgan fingerprint density at radius 1 is 0.558 bits per heavy atom. The minimum absolute atomic E-state index is 0. The number of hydrogen-bond donors (Lipinski definition) is 3. The van der Waals surface area contributed by atoms with Gasteiger partial charge in [-0.05, 0) is 119 Å². The van der Waals surface area contributed by atoms with Crippen molar-refractivity contribution in [2.75, 3.05) is 26.2 Å². The molecule has 2 saturated heterocycles. The van der Waals surface area contributed by atoms with E-state index in [4.69, 9.17) is 4.74 Å². The van der Waals surface area contributed by atoms with E-state index in [1.54, 1.807) is 4.90 Å². The molecule has 3 amide bonds. The Morgan fingerprint density at radius 2 is 0.909 bits per heavy atom. The minimum atomic E-state index is -0.789. The first-order valence-corrected chi connectivity index (χ1v) is 27.5. The van der Waals surface area contributed by atoms with Crippen LogP contribution in [-0.2, 0) is 55.9 Å². The Bertz CT molecular complexity index is 2220. The van der Waals surface area contributed by atoms with Gasteiger partial charge in [0.05, 0.1) is 12.1 Å². The number of Topliss-reactive ketones (excluding diaryl/α,β-unsaturated/α-hetero) is 6. The number of ketones is 6. The summed E-state index contributed by atoms with van der Waals surface area (Å²) in [4.78, 5) is 119. The maximum Gasteiger partial charge on any atom is 0.410 e. The Hall–Kier alpha value is -4.79. The van der Waals surface area contributed by atoms with Crippen molar-refractivity contribution < 1.29 is 47.9 Å². The maximum atomic E-state index is 13.6. The second-order valence-corrected chi connectivity index (χ2v) is 25.3. The van der Waals surface area contributed by atoms with Crippen LogP contribution in [0.15, 0.2) is 60.7 Å². The minimum Gasteiger partial charge on any atom is -0.444 e. The van der Waals surface area contributed by atoms with E-state index in [2.05, 4.69) is 16.0 Å². The van der Waals surface area contributed by atoms with E-state index in [9.17, 15) is 43.2 Å². The number of benzene rings is 2. The smallest absolute Gasteiger partial charge is 0.410 e. The molecule has 432 valence electrons. The molecule has 0 saturated carbocycles. The van der Waals surface area contributed by atoms with E-state index >= 15 is 0 Å². The van der Waals surface area contributed by atoms with Crippen molar-refractivity contribution >= 4 is 77.4 Å². The lowest BCUT2D eigenvalue weighted by Crippen LogP contribution is -2.49. The molecule has 4 atom stereocenters. The molecule has 3 N–H and O–H groups in total. The third-order valence-corrected chi connectivity index (χ3v) is 13.3. The zero-order valence-electron chi connectivity index (χ0n) is 48.6. The van der Waals surface area contributed by atoms with Gasteiger partial charge in [-0.3, -0.25) is 38.4 Å². The van der Waals surface area contributed by atoms with Crippen LogP contribution in [0.5, 0.6) is 0 Å². The van der Waals surface area contributed by atoms with E-state index in [1.165, 1.54) is 0 Å². The van der Waals surface area contributed by atoms with Crippen molar-refractivity contribution in [3.63, 3.8) is 0 Å². The van der Waals surface area contributed by atoms with Crippen molar-refractivity contribution in [2.24, 2.45) is 46.3 Å². The lowest BCUT2D eigenvalue weighted by Gasteiger charge is -2.33. The summed E-state index contributed by atoms with van der Waals surface area (Å²) in [6.45, 7) is 27.3. The number of nitrogens with one attached hydrogen (secondary N) is 3. The quantitative estimate of drug-likeness (QED) is 0.0845. The average molecular weight is 1110 g/mol. The van der Waals surface area contributed by atoms with Crippen LogP contribution in [-0.4, -0.2) is 101 Å². The number of ether oxygens (including phenoxy) is 1. The van der Waals surface area contributed by atoms with E-state index in [-0.39, 0.29) is 121 Å². The van der Waals surface area contributed by atoms with Gasteiger partial charge in [-0.2, -0.15) is 0 Å². The van der Waals surface area contributed by atoms with Crippen molar-refractivity contribution in [1.29, 1.82) is 0 Å². The molecule has 0 aliphatic carbocycles. The fraction of sp³-hybridized carbons (Fsp3) is 0.656. The van der Waals surface area contributed by atoms with Crippen LogP contribution in [0, 0.1) is 46.3 Å². The first-order valence-electron chi connectivity index (χ1n) is 27.5. The molecule has 0 aromatic heterocycles. The molecular weight excluding hydrogens is 1020 g/mol. The van der Waals surface area contributed by atoms with Gasteiger partial charge in [0, 0.05) is 62.4 Å². The van der Waals surface area contributed by atoms with Crippen LogP contribution >= 0.6 is 24.8 Å². The number of halogens is 2. The van der Waals surface area contributed by atoms with Gasteiger partial charge in [-0.15, -0.1) is 24.8 Å². The lowest BCUT2D eigenvalue weighted by molar-refractivity contribution is -0.141. The molecule has 16 heteroatoms. The van der Waals surface area contributed by atoms with E-state index in [0.717, 1.165) is 37.1 Å². The summed E-state index contributed by atoms with van der Waals surface area (Å²) in [5, 5.41) is 9.19. The van der Waals surface area contributed by atoms with E-state index in [1.807, 2.05) is 151 Å². The monoisotopic (exact) mass is 1110 g/mol. The number of nitrogens with zero attached hydrogens (tertiary/aromatic N) is 1. The number of hydrogen-bond acceptors (Lipinski definition) is 11. The molecule has 2 aliphatic heterocycles. The highest BCUT2D eigenvalue weighted by atomic mass is 35.5. The number of piperidine rings is 2. The van der Waals surface area contributed by atoms with Gasteiger partial charge in [-0.1, -0.05) is 130 Å². The van der Waals surface area contributed by atoms with Gasteiger partial charge in [0.2, 0.25) is 23.4 Å². The summed E-state index contributed by atoms with van der Waals surface area (Å²) in [5.74, 6) is -4.24. The Labute approximate surface area is 473 Å². The highest BCUT2D eigenvalue weighted by Gasteiger charge is 2.37. The standard InChI is InChI=1S/C33H50N2O6.C28H42N2O4.2ClH/c1-22(2)18-26(34-30(39)24-14-16-35(17-15-24)31(40)41-33(6,7)8)27(36)20-25(19-23-12-10-9-11-13-23)29(38)28(37)21-32(3,4)5;1-19(2)15-23(30-27(34)21-11-13-29-14-12-21)24(31)17-22(16-20-9-7-6-8-10-20)26(33)25(32)18-28(3,4)5;;/h9-13,22,24-26H,14-21H2,1-8H3,(H,34,39);6-10,19,21-23,29H,11-18H2,1-5H3,(H,30,34);2*1H/t25?,26-;22?,23-;;/m00../s1. The molecule has 0 radical (unpaired) electrons. The van der Waals surface area contributed by atoms with Gasteiger partial charge in [0.15, 0.2) is 23.1 Å². The summed E-state index contributed by atoms with van der Waals surface area (Å²) in [5.41, 5.74) is 0.547. The van der Waals surface area contributed by atoms with Crippen molar-refractivity contribution in [3.05, 3.63) is 71.8 Å². The van der Waals surface area contributed by atoms with Crippen molar-refractivity contribution in [2.45, 2.75) is 185 Å². The molecule has 0 spiro atoms. The molecule has 77 heavy (non-hydrogen) atoms. The Balaban J connectivity index is 0.000000763. The molecule has 4 rings (SSSR count). The molecule has 14 nitrogen and oxygen atoms in total. The Kier molecular flexibility index (Phi) is 30.1.